The van der Waals surface area contributed by atoms with E-state index in [0.29, 0.717) is 19.5 Å². The molecule has 7 heteroatoms. The van der Waals surface area contributed by atoms with Gasteiger partial charge in [0.2, 0.25) is 5.91 Å². The summed E-state index contributed by atoms with van der Waals surface area (Å²) in [7, 11) is 0. The van der Waals surface area contributed by atoms with Crippen LogP contribution in [0.4, 0.5) is 4.39 Å². The van der Waals surface area contributed by atoms with Crippen LogP contribution in [0.3, 0.4) is 0 Å². The first kappa shape index (κ1) is 21.7. The summed E-state index contributed by atoms with van der Waals surface area (Å²) in [6, 6.07) is 6.65. The summed E-state index contributed by atoms with van der Waals surface area (Å²) < 4.78 is 13.2. The third kappa shape index (κ3) is 8.02. The van der Waals surface area contributed by atoms with E-state index in [9.17, 15) is 9.18 Å². The highest BCUT2D eigenvalue weighted by molar-refractivity contribution is 14.0. The lowest BCUT2D eigenvalue weighted by Crippen LogP contribution is -2.38. The first-order chi connectivity index (χ1) is 11.7. The van der Waals surface area contributed by atoms with Crippen LogP contribution in [0.2, 0.25) is 0 Å². The second kappa shape index (κ2) is 12.1. The van der Waals surface area contributed by atoms with Crippen molar-refractivity contribution in [3.8, 4) is 0 Å². The summed E-state index contributed by atoms with van der Waals surface area (Å²) in [4.78, 5) is 18.0. The maximum Gasteiger partial charge on any atom is 0.222 e. The standard InChI is InChI=1S/C18H27FN4O.HI/c1-2-20-18(21-10-5-13-23-12-4-8-17(23)24)22-11-9-15-6-3-7-16(19)14-15;/h3,6-7,14H,2,4-5,8-13H2,1H3,(H2,20,21,22);1H. The molecular formula is C18H28FIN4O. The van der Waals surface area contributed by atoms with Crippen LogP contribution >= 0.6 is 24.0 Å². The van der Waals surface area contributed by atoms with Crippen LogP contribution in [0, 0.1) is 5.82 Å². The van der Waals surface area contributed by atoms with Crippen molar-refractivity contribution in [3.63, 3.8) is 0 Å². The Labute approximate surface area is 166 Å². The number of carbonyl (C=O) groups excluding carboxylic acids is 1. The van der Waals surface area contributed by atoms with Crippen molar-refractivity contribution >= 4 is 35.8 Å². The lowest BCUT2D eigenvalue weighted by molar-refractivity contribution is -0.127. The number of hydrogen-bond acceptors (Lipinski definition) is 2. The Hall–Kier alpha value is -1.38. The molecule has 0 aliphatic carbocycles. The van der Waals surface area contributed by atoms with E-state index in [1.165, 1.54) is 6.07 Å². The van der Waals surface area contributed by atoms with Crippen LogP contribution in [0.1, 0.15) is 31.7 Å². The molecule has 1 heterocycles. The molecule has 0 atom stereocenters. The molecule has 140 valence electrons. The Morgan fingerprint density at radius 3 is 2.88 bits per heavy atom. The van der Waals surface area contributed by atoms with Gasteiger partial charge in [0.15, 0.2) is 5.96 Å². The molecule has 1 aliphatic heterocycles. The van der Waals surface area contributed by atoms with Gasteiger partial charge in [-0.25, -0.2) is 4.39 Å². The van der Waals surface area contributed by atoms with Gasteiger partial charge in [0.1, 0.15) is 5.82 Å². The molecule has 0 saturated carbocycles. The maximum atomic E-state index is 13.2. The molecule has 5 nitrogen and oxygen atoms in total. The highest BCUT2D eigenvalue weighted by Gasteiger charge is 2.18. The van der Waals surface area contributed by atoms with Gasteiger partial charge in [-0.05, 0) is 43.9 Å². The Morgan fingerprint density at radius 2 is 2.20 bits per heavy atom. The van der Waals surface area contributed by atoms with Gasteiger partial charge in [-0.1, -0.05) is 12.1 Å². The van der Waals surface area contributed by atoms with Crippen LogP contribution in [0.15, 0.2) is 29.3 Å². The highest BCUT2D eigenvalue weighted by Crippen LogP contribution is 2.09. The summed E-state index contributed by atoms with van der Waals surface area (Å²) in [6.45, 7) is 5.85. The smallest absolute Gasteiger partial charge is 0.222 e. The van der Waals surface area contributed by atoms with Crippen LogP contribution < -0.4 is 10.6 Å². The van der Waals surface area contributed by atoms with Gasteiger partial charge in [-0.3, -0.25) is 9.79 Å². The molecule has 1 amide bonds. The van der Waals surface area contributed by atoms with Crippen molar-refractivity contribution < 1.29 is 9.18 Å². The molecule has 2 N–H and O–H groups in total. The van der Waals surface area contributed by atoms with E-state index in [1.54, 1.807) is 12.1 Å². The zero-order valence-electron chi connectivity index (χ0n) is 14.8. The monoisotopic (exact) mass is 462 g/mol. The van der Waals surface area contributed by atoms with Crippen LogP contribution in [0.5, 0.6) is 0 Å². The van der Waals surface area contributed by atoms with Crippen molar-refractivity contribution in [2.75, 3.05) is 32.7 Å². The van der Waals surface area contributed by atoms with E-state index >= 15 is 0 Å². The van der Waals surface area contributed by atoms with E-state index in [4.69, 9.17) is 0 Å². The molecule has 0 bridgehead atoms. The molecule has 1 aromatic rings. The minimum absolute atomic E-state index is 0. The predicted molar refractivity (Wildman–Crippen MR) is 110 cm³/mol. The maximum absolute atomic E-state index is 13.2. The van der Waals surface area contributed by atoms with Crippen molar-refractivity contribution in [3.05, 3.63) is 35.6 Å². The Morgan fingerprint density at radius 1 is 1.36 bits per heavy atom. The van der Waals surface area contributed by atoms with Crippen LogP contribution in [-0.2, 0) is 11.2 Å². The van der Waals surface area contributed by atoms with Gasteiger partial charge in [0.05, 0.1) is 0 Å². The summed E-state index contributed by atoms with van der Waals surface area (Å²) in [5, 5.41) is 6.46. The number of rotatable bonds is 8. The minimum atomic E-state index is -0.204. The van der Waals surface area contributed by atoms with Gasteiger partial charge < -0.3 is 15.5 Å². The Bertz CT molecular complexity index is 568. The molecular weight excluding hydrogens is 434 g/mol. The number of benzene rings is 1. The predicted octanol–water partition coefficient (Wildman–Crippen LogP) is 2.55. The van der Waals surface area contributed by atoms with Crippen molar-refractivity contribution in [1.29, 1.82) is 0 Å². The molecule has 0 radical (unpaired) electrons. The largest absolute Gasteiger partial charge is 0.357 e. The van der Waals surface area contributed by atoms with Gasteiger partial charge in [0.25, 0.3) is 0 Å². The number of nitrogens with one attached hydrogen (secondary N) is 2. The Kier molecular flexibility index (Phi) is 10.4. The fourth-order valence-corrected chi connectivity index (χ4v) is 2.75. The van der Waals surface area contributed by atoms with Gasteiger partial charge in [-0.15, -0.1) is 24.0 Å². The number of carbonyl (C=O) groups is 1. The summed E-state index contributed by atoms with van der Waals surface area (Å²) in [5.41, 5.74) is 0.964. The summed E-state index contributed by atoms with van der Waals surface area (Å²) in [5.74, 6) is 0.824. The number of nitrogens with zero attached hydrogens (tertiary/aromatic N) is 2. The number of hydrogen-bond donors (Lipinski definition) is 2. The second-order valence-electron chi connectivity index (χ2n) is 5.91. The number of guanidine groups is 1. The molecule has 1 aromatic carbocycles. The van der Waals surface area contributed by atoms with E-state index in [2.05, 4.69) is 15.6 Å². The third-order valence-electron chi connectivity index (χ3n) is 3.97. The van der Waals surface area contributed by atoms with Crippen LogP contribution in [-0.4, -0.2) is 49.5 Å². The summed E-state index contributed by atoms with van der Waals surface area (Å²) >= 11 is 0. The molecule has 1 saturated heterocycles. The average molecular weight is 462 g/mol. The van der Waals surface area contributed by atoms with E-state index in [0.717, 1.165) is 50.4 Å². The normalized spacial score (nSPS) is 14.4. The van der Waals surface area contributed by atoms with Crippen molar-refractivity contribution in [2.24, 2.45) is 4.99 Å². The Balaban J connectivity index is 0.00000312. The molecule has 0 aromatic heterocycles. The molecule has 0 spiro atoms. The second-order valence-corrected chi connectivity index (χ2v) is 5.91. The number of aliphatic imine (C=N–C) groups is 1. The first-order valence-electron chi connectivity index (χ1n) is 8.73. The molecule has 1 fully saturated rings. The first-order valence-corrected chi connectivity index (χ1v) is 8.73. The van der Waals surface area contributed by atoms with E-state index < -0.39 is 0 Å². The number of likely N-dealkylation sites (tertiary alicyclic amines) is 1. The lowest BCUT2D eigenvalue weighted by Gasteiger charge is -2.15. The summed E-state index contributed by atoms with van der Waals surface area (Å²) in [6.07, 6.45) is 3.27. The highest BCUT2D eigenvalue weighted by atomic mass is 127. The molecule has 0 unspecified atom stereocenters. The average Bonchev–Trinajstić information content (AvgIpc) is 2.97. The third-order valence-corrected chi connectivity index (χ3v) is 3.97. The van der Waals surface area contributed by atoms with Crippen LogP contribution in [0.25, 0.3) is 0 Å². The van der Waals surface area contributed by atoms with E-state index in [-0.39, 0.29) is 35.7 Å². The van der Waals surface area contributed by atoms with Gasteiger partial charge in [-0.2, -0.15) is 0 Å². The van der Waals surface area contributed by atoms with Gasteiger partial charge in [0, 0.05) is 39.1 Å². The lowest BCUT2D eigenvalue weighted by atomic mass is 10.1. The SMILES string of the molecule is CCNC(=NCCCN1CCCC1=O)NCCc1cccc(F)c1.I. The zero-order chi connectivity index (χ0) is 17.2. The molecule has 25 heavy (non-hydrogen) atoms. The molecule has 2 rings (SSSR count). The zero-order valence-corrected chi connectivity index (χ0v) is 17.1. The van der Waals surface area contributed by atoms with Crippen molar-refractivity contribution in [1.82, 2.24) is 15.5 Å². The molecule has 1 aliphatic rings. The quantitative estimate of drug-likeness (QED) is 0.270. The number of amides is 1. The fraction of sp³-hybridized carbons (Fsp3) is 0.556. The van der Waals surface area contributed by atoms with E-state index in [1.807, 2.05) is 17.9 Å². The minimum Gasteiger partial charge on any atom is -0.357 e. The fourth-order valence-electron chi connectivity index (χ4n) is 2.75. The van der Waals surface area contributed by atoms with Crippen molar-refractivity contribution in [2.45, 2.75) is 32.6 Å². The number of halogens is 2. The van der Waals surface area contributed by atoms with Gasteiger partial charge >= 0.3 is 0 Å². The topological polar surface area (TPSA) is 56.7 Å².